The van der Waals surface area contributed by atoms with E-state index in [0.29, 0.717) is 0 Å². The van der Waals surface area contributed by atoms with Crippen LogP contribution < -0.4 is 5.32 Å². The number of aromatic nitrogens is 2. The standard InChI is InChI=1S/C31H21N2S.C11H8N.Ir/c1-18-10-13-26(32-17-18)20-11-14-27-25(16-20)21-7-5-8-22(19(21)2)30-28(33-27)15-12-24-23-6-3-4-9-29(23)34-31(24)30;1-2-6-10(7-3-1)11-8-4-5-9-12-11;/h3-10,12-17,33H,1-2H3;1-6,8-9H;/q2*-1;. The number of rotatable bonds is 2. The maximum atomic E-state index is 4.63. The molecule has 8 aromatic rings. The van der Waals surface area contributed by atoms with E-state index in [2.05, 4.69) is 120 Å². The second-order valence-electron chi connectivity index (χ2n) is 11.5. The normalized spacial score (nSPS) is 11.2. The van der Waals surface area contributed by atoms with Crippen LogP contribution in [0.15, 0.2) is 134 Å². The predicted molar refractivity (Wildman–Crippen MR) is 194 cm³/mol. The fraction of sp³-hybridized carbons (Fsp3) is 0.0476. The molecule has 0 fully saturated rings. The Morgan fingerprint density at radius 1 is 0.638 bits per heavy atom. The van der Waals surface area contributed by atoms with Gasteiger partial charge in [-0.15, -0.1) is 71.0 Å². The van der Waals surface area contributed by atoms with Crippen LogP contribution in [-0.4, -0.2) is 9.97 Å². The van der Waals surface area contributed by atoms with Crippen molar-refractivity contribution in [1.82, 2.24) is 9.97 Å². The summed E-state index contributed by atoms with van der Waals surface area (Å²) in [5.74, 6) is 0. The first-order chi connectivity index (χ1) is 22.6. The Balaban J connectivity index is 0.000000228. The van der Waals surface area contributed by atoms with Gasteiger partial charge in [-0.2, -0.15) is 0 Å². The Kier molecular flexibility index (Phi) is 8.53. The molecule has 9 rings (SSSR count). The van der Waals surface area contributed by atoms with Gasteiger partial charge in [-0.1, -0.05) is 72.3 Å². The molecule has 1 radical (unpaired) electrons. The second-order valence-corrected chi connectivity index (χ2v) is 12.5. The number of nitrogens with zero attached hydrogens (tertiary/aromatic N) is 2. The Bertz CT molecular complexity index is 2310. The van der Waals surface area contributed by atoms with Gasteiger partial charge in [-0.05, 0) is 71.4 Å². The molecule has 3 nitrogen and oxygen atoms in total. The van der Waals surface area contributed by atoms with E-state index in [4.69, 9.17) is 0 Å². The van der Waals surface area contributed by atoms with E-state index < -0.39 is 0 Å². The predicted octanol–water partition coefficient (Wildman–Crippen LogP) is 11.5. The molecule has 1 aliphatic heterocycles. The van der Waals surface area contributed by atoms with Crippen LogP contribution in [0.2, 0.25) is 0 Å². The molecule has 0 saturated heterocycles. The van der Waals surface area contributed by atoms with E-state index in [1.54, 1.807) is 6.20 Å². The average Bonchev–Trinajstić information content (AvgIpc) is 3.49. The van der Waals surface area contributed by atoms with Gasteiger partial charge in [0.05, 0.1) is 0 Å². The van der Waals surface area contributed by atoms with Gasteiger partial charge in [0.15, 0.2) is 0 Å². The topological polar surface area (TPSA) is 37.8 Å². The fourth-order valence-corrected chi connectivity index (χ4v) is 7.44. The summed E-state index contributed by atoms with van der Waals surface area (Å²) >= 11 is 1.88. The van der Waals surface area contributed by atoms with E-state index in [-0.39, 0.29) is 20.1 Å². The number of hydrogen-bond donors (Lipinski definition) is 1. The molecular weight excluding hydrogens is 771 g/mol. The van der Waals surface area contributed by atoms with Crippen molar-refractivity contribution in [2.75, 3.05) is 5.32 Å². The molecular formula is C42H29IrN3S-2. The summed E-state index contributed by atoms with van der Waals surface area (Å²) in [4.78, 5) is 8.85. The van der Waals surface area contributed by atoms with Gasteiger partial charge in [0, 0.05) is 63.9 Å². The molecule has 0 unspecified atom stereocenters. The largest absolute Gasteiger partial charge is 0.394 e. The van der Waals surface area contributed by atoms with Gasteiger partial charge >= 0.3 is 0 Å². The molecule has 0 saturated carbocycles. The number of hydrogen-bond acceptors (Lipinski definition) is 4. The van der Waals surface area contributed by atoms with Gasteiger partial charge < -0.3 is 15.3 Å². The maximum Gasteiger partial charge on any atom is 0.0454 e. The molecule has 1 N–H and O–H groups in total. The molecule has 5 heteroatoms. The summed E-state index contributed by atoms with van der Waals surface area (Å²) in [6.07, 6.45) is 3.70. The molecule has 2 bridgehead atoms. The minimum Gasteiger partial charge on any atom is -0.394 e. The monoisotopic (exact) mass is 800 g/mol. The van der Waals surface area contributed by atoms with Crippen LogP contribution in [-0.2, 0) is 20.1 Å². The molecule has 5 aromatic carbocycles. The van der Waals surface area contributed by atoms with Crippen molar-refractivity contribution in [2.24, 2.45) is 0 Å². The number of nitrogens with one attached hydrogen (secondary N) is 1. The van der Waals surface area contributed by atoms with Crippen LogP contribution in [0.1, 0.15) is 11.1 Å². The van der Waals surface area contributed by atoms with Crippen LogP contribution >= 0.6 is 11.3 Å². The summed E-state index contributed by atoms with van der Waals surface area (Å²) in [6.45, 7) is 4.31. The van der Waals surface area contributed by atoms with Crippen LogP contribution in [0.5, 0.6) is 0 Å². The summed E-state index contributed by atoms with van der Waals surface area (Å²) in [7, 11) is 0. The van der Waals surface area contributed by atoms with E-state index in [1.807, 2.05) is 60.0 Å². The summed E-state index contributed by atoms with van der Waals surface area (Å²) in [5, 5.41) is 6.41. The summed E-state index contributed by atoms with van der Waals surface area (Å²) in [5.41, 5.74) is 13.6. The smallest absolute Gasteiger partial charge is 0.0454 e. The minimum absolute atomic E-state index is 0. The Labute approximate surface area is 292 Å². The zero-order valence-electron chi connectivity index (χ0n) is 25.8. The van der Waals surface area contributed by atoms with Crippen molar-refractivity contribution >= 4 is 42.9 Å². The van der Waals surface area contributed by atoms with Crippen molar-refractivity contribution in [2.45, 2.75) is 13.8 Å². The van der Waals surface area contributed by atoms with Crippen molar-refractivity contribution in [3.63, 3.8) is 0 Å². The zero-order valence-corrected chi connectivity index (χ0v) is 29.0. The zero-order chi connectivity index (χ0) is 31.0. The summed E-state index contributed by atoms with van der Waals surface area (Å²) < 4.78 is 2.66. The van der Waals surface area contributed by atoms with E-state index in [1.165, 1.54) is 48.0 Å². The molecule has 1 aliphatic rings. The van der Waals surface area contributed by atoms with E-state index in [9.17, 15) is 0 Å². The molecule has 4 heterocycles. The number of anilines is 2. The third-order valence-electron chi connectivity index (χ3n) is 8.50. The third kappa shape index (κ3) is 5.79. The van der Waals surface area contributed by atoms with E-state index in [0.717, 1.165) is 39.5 Å². The SMILES string of the molecule is Cc1ccc(-c2[c-]cc3c(c2)-c2cccc(c2C)-c2c(ccc4c2sc2ccccc24)N3)nc1.[Ir].[c-]1ccccc1-c1ccccn1. The third-order valence-corrected chi connectivity index (χ3v) is 9.70. The molecule has 0 aliphatic carbocycles. The fourth-order valence-electron chi connectivity index (χ4n) is 6.17. The Hall–Kier alpha value is -4.93. The first kappa shape index (κ1) is 30.7. The second kappa shape index (κ2) is 13.1. The van der Waals surface area contributed by atoms with Crippen LogP contribution in [0.3, 0.4) is 0 Å². The number of pyridine rings is 2. The van der Waals surface area contributed by atoms with Gasteiger partial charge in [0.25, 0.3) is 0 Å². The first-order valence-electron chi connectivity index (χ1n) is 15.3. The molecule has 47 heavy (non-hydrogen) atoms. The van der Waals surface area contributed by atoms with Crippen molar-refractivity contribution in [1.29, 1.82) is 0 Å². The molecule has 0 atom stereocenters. The minimum atomic E-state index is 0. The molecule has 0 spiro atoms. The number of aryl methyl sites for hydroxylation is 1. The van der Waals surface area contributed by atoms with Crippen molar-refractivity contribution in [3.05, 3.63) is 157 Å². The molecule has 0 amide bonds. The van der Waals surface area contributed by atoms with Gasteiger partial charge in [0.2, 0.25) is 0 Å². The maximum absolute atomic E-state index is 4.63. The Morgan fingerprint density at radius 2 is 1.47 bits per heavy atom. The number of fused-ring (bicyclic) bond motifs is 10. The average molecular weight is 800 g/mol. The molecule has 229 valence electrons. The first-order valence-corrected chi connectivity index (χ1v) is 16.1. The Morgan fingerprint density at radius 3 is 2.28 bits per heavy atom. The number of benzene rings is 5. The van der Waals surface area contributed by atoms with Crippen molar-refractivity contribution < 1.29 is 20.1 Å². The van der Waals surface area contributed by atoms with Gasteiger partial charge in [-0.3, -0.25) is 0 Å². The number of thiophene rings is 1. The van der Waals surface area contributed by atoms with Crippen molar-refractivity contribution in [3.8, 4) is 44.8 Å². The van der Waals surface area contributed by atoms with Crippen LogP contribution in [0, 0.1) is 26.0 Å². The van der Waals surface area contributed by atoms with Crippen LogP contribution in [0.25, 0.3) is 64.9 Å². The van der Waals surface area contributed by atoms with E-state index >= 15 is 0 Å². The summed E-state index contributed by atoms with van der Waals surface area (Å²) in [6, 6.07) is 48.6. The molecule has 3 aromatic heterocycles. The van der Waals surface area contributed by atoms with Gasteiger partial charge in [0.1, 0.15) is 0 Å². The quantitative estimate of drug-likeness (QED) is 0.177. The van der Waals surface area contributed by atoms with Crippen LogP contribution in [0.4, 0.5) is 11.4 Å². The van der Waals surface area contributed by atoms with Gasteiger partial charge in [-0.25, -0.2) is 0 Å².